The summed E-state index contributed by atoms with van der Waals surface area (Å²) < 4.78 is 0.963. The molecule has 0 spiro atoms. The van der Waals surface area contributed by atoms with Crippen LogP contribution in [0.25, 0.3) is 0 Å². The van der Waals surface area contributed by atoms with Gasteiger partial charge >= 0.3 is 0 Å². The van der Waals surface area contributed by atoms with Crippen LogP contribution in [0, 0.1) is 0 Å². The summed E-state index contributed by atoms with van der Waals surface area (Å²) in [6.07, 6.45) is -0.445. The Morgan fingerprint density at radius 2 is 2.17 bits per heavy atom. The van der Waals surface area contributed by atoms with Crippen molar-refractivity contribution in [2.45, 2.75) is 18.9 Å². The summed E-state index contributed by atoms with van der Waals surface area (Å²) in [5.41, 5.74) is 5.90. The SMILES string of the molecule is NC(=O)C(O)CNC(=O)CCc1cccc(Br)c1. The van der Waals surface area contributed by atoms with Gasteiger partial charge in [0.25, 0.3) is 0 Å². The zero-order chi connectivity index (χ0) is 13.5. The Labute approximate surface area is 113 Å². The number of halogens is 1. The second-order valence-corrected chi connectivity index (χ2v) is 4.77. The highest BCUT2D eigenvalue weighted by atomic mass is 79.9. The summed E-state index contributed by atoms with van der Waals surface area (Å²) in [5, 5.41) is 11.5. The quantitative estimate of drug-likeness (QED) is 0.707. The molecule has 5 nitrogen and oxygen atoms in total. The molecule has 0 fully saturated rings. The van der Waals surface area contributed by atoms with Crippen LogP contribution in [0.15, 0.2) is 28.7 Å². The molecule has 18 heavy (non-hydrogen) atoms. The minimum Gasteiger partial charge on any atom is -0.381 e. The molecule has 0 radical (unpaired) electrons. The lowest BCUT2D eigenvalue weighted by molar-refractivity contribution is -0.127. The highest BCUT2D eigenvalue weighted by molar-refractivity contribution is 9.10. The number of carbonyl (C=O) groups is 2. The number of amides is 2. The monoisotopic (exact) mass is 314 g/mol. The Morgan fingerprint density at radius 1 is 1.44 bits per heavy atom. The van der Waals surface area contributed by atoms with E-state index in [-0.39, 0.29) is 12.5 Å². The molecule has 2 amide bonds. The smallest absolute Gasteiger partial charge is 0.248 e. The number of primary amides is 1. The lowest BCUT2D eigenvalue weighted by Gasteiger charge is -2.08. The molecular formula is C12H15BrN2O3. The van der Waals surface area contributed by atoms with E-state index in [9.17, 15) is 9.59 Å². The Kier molecular flexibility index (Phi) is 5.80. The van der Waals surface area contributed by atoms with Crippen LogP contribution in [-0.2, 0) is 16.0 Å². The average Bonchev–Trinajstić information content (AvgIpc) is 2.33. The number of aryl methyl sites for hydroxylation is 1. The number of hydrogen-bond acceptors (Lipinski definition) is 3. The van der Waals surface area contributed by atoms with E-state index in [0.29, 0.717) is 12.8 Å². The summed E-state index contributed by atoms with van der Waals surface area (Å²) in [6, 6.07) is 7.67. The van der Waals surface area contributed by atoms with E-state index in [1.807, 2.05) is 24.3 Å². The van der Waals surface area contributed by atoms with E-state index in [0.717, 1.165) is 10.0 Å². The van der Waals surface area contributed by atoms with Gasteiger partial charge in [0.1, 0.15) is 6.10 Å². The van der Waals surface area contributed by atoms with Crippen LogP contribution in [0.2, 0.25) is 0 Å². The Morgan fingerprint density at radius 3 is 2.78 bits per heavy atom. The highest BCUT2D eigenvalue weighted by Crippen LogP contribution is 2.12. The van der Waals surface area contributed by atoms with Crippen molar-refractivity contribution < 1.29 is 14.7 Å². The third-order valence-corrected chi connectivity index (χ3v) is 2.84. The first kappa shape index (κ1) is 14.7. The standard InChI is InChI=1S/C12H15BrN2O3/c13-9-3-1-2-8(6-9)4-5-11(17)15-7-10(16)12(14)18/h1-3,6,10,16H,4-5,7H2,(H2,14,18)(H,15,17). The van der Waals surface area contributed by atoms with E-state index >= 15 is 0 Å². The van der Waals surface area contributed by atoms with Crippen molar-refractivity contribution in [3.63, 3.8) is 0 Å². The van der Waals surface area contributed by atoms with Gasteiger partial charge in [-0.2, -0.15) is 0 Å². The molecule has 6 heteroatoms. The van der Waals surface area contributed by atoms with Gasteiger partial charge in [-0.3, -0.25) is 9.59 Å². The minimum atomic E-state index is -1.33. The number of nitrogens with two attached hydrogens (primary N) is 1. The van der Waals surface area contributed by atoms with Gasteiger partial charge in [-0.25, -0.2) is 0 Å². The zero-order valence-electron chi connectivity index (χ0n) is 9.73. The molecule has 0 heterocycles. The largest absolute Gasteiger partial charge is 0.381 e. The van der Waals surface area contributed by atoms with Gasteiger partial charge < -0.3 is 16.2 Å². The molecule has 1 rings (SSSR count). The van der Waals surface area contributed by atoms with Crippen molar-refractivity contribution in [2.24, 2.45) is 5.73 Å². The maximum absolute atomic E-state index is 11.4. The van der Waals surface area contributed by atoms with Crippen molar-refractivity contribution in [3.05, 3.63) is 34.3 Å². The lowest BCUT2D eigenvalue weighted by atomic mass is 10.1. The fourth-order valence-corrected chi connectivity index (χ4v) is 1.80. The molecule has 0 saturated carbocycles. The summed E-state index contributed by atoms with van der Waals surface area (Å²) in [4.78, 5) is 22.0. The van der Waals surface area contributed by atoms with Crippen molar-refractivity contribution in [1.82, 2.24) is 5.32 Å². The highest BCUT2D eigenvalue weighted by Gasteiger charge is 2.11. The summed E-state index contributed by atoms with van der Waals surface area (Å²) in [7, 11) is 0. The number of nitrogens with one attached hydrogen (secondary N) is 1. The molecule has 0 bridgehead atoms. The fraction of sp³-hybridized carbons (Fsp3) is 0.333. The third kappa shape index (κ3) is 5.29. The molecule has 1 atom stereocenters. The van der Waals surface area contributed by atoms with E-state index in [1.165, 1.54) is 0 Å². The minimum absolute atomic E-state index is 0.146. The van der Waals surface area contributed by atoms with Crippen LogP contribution in [-0.4, -0.2) is 29.6 Å². The molecule has 4 N–H and O–H groups in total. The van der Waals surface area contributed by atoms with Crippen LogP contribution in [0.4, 0.5) is 0 Å². The summed E-state index contributed by atoms with van der Waals surface area (Å²) in [5.74, 6) is -1.07. The zero-order valence-corrected chi connectivity index (χ0v) is 11.3. The van der Waals surface area contributed by atoms with Gasteiger partial charge in [-0.15, -0.1) is 0 Å². The normalized spacial score (nSPS) is 11.9. The second-order valence-electron chi connectivity index (χ2n) is 3.85. The van der Waals surface area contributed by atoms with Crippen molar-refractivity contribution in [1.29, 1.82) is 0 Å². The molecule has 1 aromatic carbocycles. The molecule has 1 unspecified atom stereocenters. The van der Waals surface area contributed by atoms with E-state index in [2.05, 4.69) is 21.2 Å². The summed E-state index contributed by atoms with van der Waals surface area (Å²) in [6.45, 7) is -0.146. The Balaban J connectivity index is 2.31. The molecular weight excluding hydrogens is 300 g/mol. The number of hydrogen-bond donors (Lipinski definition) is 3. The first-order valence-electron chi connectivity index (χ1n) is 5.47. The predicted octanol–water partition coefficient (Wildman–Crippen LogP) is 0.344. The third-order valence-electron chi connectivity index (χ3n) is 2.35. The number of carbonyl (C=O) groups excluding carboxylic acids is 2. The first-order valence-corrected chi connectivity index (χ1v) is 6.27. The summed E-state index contributed by atoms with van der Waals surface area (Å²) >= 11 is 3.35. The van der Waals surface area contributed by atoms with Gasteiger partial charge in [-0.1, -0.05) is 28.1 Å². The van der Waals surface area contributed by atoms with Crippen molar-refractivity contribution in [3.8, 4) is 0 Å². The van der Waals surface area contributed by atoms with Crippen LogP contribution < -0.4 is 11.1 Å². The molecule has 1 aromatic rings. The fourth-order valence-electron chi connectivity index (χ4n) is 1.35. The molecule has 0 aliphatic rings. The van der Waals surface area contributed by atoms with E-state index in [1.54, 1.807) is 0 Å². The number of aliphatic hydroxyl groups is 1. The van der Waals surface area contributed by atoms with Crippen LogP contribution in [0.1, 0.15) is 12.0 Å². The Hall–Kier alpha value is -1.40. The molecule has 98 valence electrons. The molecule has 0 aliphatic carbocycles. The van der Waals surface area contributed by atoms with Crippen molar-refractivity contribution >= 4 is 27.7 Å². The van der Waals surface area contributed by atoms with E-state index < -0.39 is 12.0 Å². The van der Waals surface area contributed by atoms with Crippen molar-refractivity contribution in [2.75, 3.05) is 6.54 Å². The molecule has 0 aromatic heterocycles. The van der Waals surface area contributed by atoms with E-state index in [4.69, 9.17) is 10.8 Å². The van der Waals surface area contributed by atoms with Gasteiger partial charge in [0.05, 0.1) is 6.54 Å². The topological polar surface area (TPSA) is 92.4 Å². The Bertz CT molecular complexity index is 437. The van der Waals surface area contributed by atoms with Gasteiger partial charge in [-0.05, 0) is 24.1 Å². The van der Waals surface area contributed by atoms with Gasteiger partial charge in [0.2, 0.25) is 11.8 Å². The maximum atomic E-state index is 11.4. The van der Waals surface area contributed by atoms with Gasteiger partial charge in [0.15, 0.2) is 0 Å². The number of aliphatic hydroxyl groups excluding tert-OH is 1. The van der Waals surface area contributed by atoms with Crippen LogP contribution in [0.3, 0.4) is 0 Å². The molecule has 0 aliphatic heterocycles. The maximum Gasteiger partial charge on any atom is 0.248 e. The number of benzene rings is 1. The lowest BCUT2D eigenvalue weighted by Crippen LogP contribution is -2.40. The van der Waals surface area contributed by atoms with Crippen LogP contribution in [0.5, 0.6) is 0 Å². The number of rotatable bonds is 6. The first-order chi connectivity index (χ1) is 8.49. The molecule has 0 saturated heterocycles. The second kappa shape index (κ2) is 7.13. The van der Waals surface area contributed by atoms with Crippen LogP contribution >= 0.6 is 15.9 Å². The average molecular weight is 315 g/mol. The predicted molar refractivity (Wildman–Crippen MR) is 70.7 cm³/mol. The van der Waals surface area contributed by atoms with Gasteiger partial charge in [0, 0.05) is 10.9 Å².